The third kappa shape index (κ3) is 25.1. The summed E-state index contributed by atoms with van der Waals surface area (Å²) < 4.78 is 30.5. The molecule has 26 heavy (non-hydrogen) atoms. The molecule has 1 N–H and O–H groups in total. The Hall–Kier alpha value is -1.15. The summed E-state index contributed by atoms with van der Waals surface area (Å²) >= 11 is 0. The summed E-state index contributed by atoms with van der Waals surface area (Å²) in [6, 6.07) is 0. The van der Waals surface area contributed by atoms with Gasteiger partial charge >= 0.3 is 12.1 Å². The average molecular weight is 375 g/mol. The molecule has 0 rings (SSSR count). The van der Waals surface area contributed by atoms with Crippen LogP contribution in [0.1, 0.15) is 123 Å². The van der Waals surface area contributed by atoms with Crippen LogP contribution in [-0.2, 0) is 14.4 Å². The van der Waals surface area contributed by atoms with E-state index in [1.54, 1.807) is 13.8 Å². The van der Waals surface area contributed by atoms with Crippen molar-refractivity contribution in [2.45, 2.75) is 118 Å². The number of hydrogen-bond acceptors (Lipinski definition) is 3. The largest absolute Gasteiger partial charge is 0.481 e. The number of carbonyl (C=O) groups excluding carboxylic acids is 2. The predicted octanol–water partition coefficient (Wildman–Crippen LogP) is 6.63. The van der Waals surface area contributed by atoms with E-state index in [0.717, 1.165) is 32.1 Å². The highest BCUT2D eigenvalue weighted by molar-refractivity contribution is 5.67. The number of unbranched alkanes of at least 4 members (excludes halogenated alkanes) is 9. The normalized spacial score (nSPS) is 14.3. The van der Waals surface area contributed by atoms with Crippen molar-refractivity contribution in [3.63, 3.8) is 0 Å². The lowest BCUT2D eigenvalue weighted by Gasteiger charge is -2.21. The van der Waals surface area contributed by atoms with E-state index in [-0.39, 0.29) is 11.6 Å². The molecule has 0 radical (unpaired) electrons. The van der Waals surface area contributed by atoms with Gasteiger partial charge in [0, 0.05) is 5.48 Å². The molecule has 0 atom stereocenters. The van der Waals surface area contributed by atoms with E-state index in [0.29, 0.717) is 6.42 Å². The molecule has 0 aliphatic carbocycles. The molecule has 4 heteroatoms. The lowest BCUT2D eigenvalue weighted by molar-refractivity contribution is -0.191. The number of rotatable bonds is 14. The maximum absolute atomic E-state index is 11.1. The van der Waals surface area contributed by atoms with E-state index in [4.69, 9.17) is 20.2 Å². The molecule has 0 heterocycles. The van der Waals surface area contributed by atoms with Gasteiger partial charge in [-0.15, -0.1) is 0 Å². The first-order valence-electron chi connectivity index (χ1n) is 12.0. The molecular formula is C22H42O4. The molecule has 0 aromatic heterocycles. The second-order valence-corrected chi connectivity index (χ2v) is 8.42. The van der Waals surface area contributed by atoms with Gasteiger partial charge in [-0.2, -0.15) is 9.59 Å². The fourth-order valence-electron chi connectivity index (χ4n) is 2.91. The topological polar surface area (TPSA) is 71.4 Å². The second kappa shape index (κ2) is 16.1. The highest BCUT2D eigenvalue weighted by Crippen LogP contribution is 2.28. The summed E-state index contributed by atoms with van der Waals surface area (Å²) in [5, 5.41) is 9.03. The van der Waals surface area contributed by atoms with Crippen molar-refractivity contribution < 1.29 is 25.0 Å². The van der Waals surface area contributed by atoms with Crippen LogP contribution in [0.15, 0.2) is 0 Å². The Morgan fingerprint density at radius 3 is 1.54 bits per heavy atom. The van der Waals surface area contributed by atoms with Crippen LogP contribution in [-0.4, -0.2) is 17.2 Å². The summed E-state index contributed by atoms with van der Waals surface area (Å²) in [6.45, 7) is 6.68. The lowest BCUT2D eigenvalue weighted by atomic mass is 9.83. The molecule has 0 unspecified atom stereocenters. The van der Waals surface area contributed by atoms with Crippen LogP contribution in [0, 0.1) is 10.8 Å². The molecule has 4 nitrogen and oxygen atoms in total. The van der Waals surface area contributed by atoms with Crippen LogP contribution in [0.2, 0.25) is 0 Å². The molecule has 0 amide bonds. The van der Waals surface area contributed by atoms with Crippen molar-refractivity contribution in [1.29, 1.82) is 0 Å². The zero-order valence-corrected chi connectivity index (χ0v) is 17.2. The van der Waals surface area contributed by atoms with Gasteiger partial charge in [-0.3, -0.25) is 4.79 Å². The molecule has 154 valence electrons. The summed E-state index contributed by atoms with van der Waals surface area (Å²) in [6.07, 6.45) is 11.1. The van der Waals surface area contributed by atoms with Crippen molar-refractivity contribution in [2.24, 2.45) is 10.8 Å². The Kier molecular flexibility index (Phi) is 12.1. The number of carboxylic acids is 1. The summed E-state index contributed by atoms with van der Waals surface area (Å²) in [5.41, 5.74) is -1.04. The highest BCUT2D eigenvalue weighted by atomic mass is 16.4. The van der Waals surface area contributed by atoms with Crippen molar-refractivity contribution in [2.75, 3.05) is 0 Å². The van der Waals surface area contributed by atoms with Gasteiger partial charge in [0.1, 0.15) is 0 Å². The SMILES string of the molecule is O=C=O.[2H]C([2H])C(C)(C)CCCCCCCCCCCCC(C)(C)C([2H])([2H])C(=O)O. The number of carbonyl (C=O) groups is 1. The van der Waals surface area contributed by atoms with Gasteiger partial charge in [0.15, 0.2) is 0 Å². The average Bonchev–Trinajstić information content (AvgIpc) is 2.62. The molecule has 0 aromatic carbocycles. The first kappa shape index (κ1) is 19.6. The molecule has 0 saturated carbocycles. The number of hydrogen-bond donors (Lipinski definition) is 1. The minimum Gasteiger partial charge on any atom is -0.481 e. The molecule has 0 aliphatic rings. The molecule has 0 aromatic rings. The number of aliphatic carboxylic acids is 1. The van der Waals surface area contributed by atoms with Gasteiger partial charge in [-0.1, -0.05) is 98.8 Å². The zero-order valence-electron chi connectivity index (χ0n) is 21.2. The van der Waals surface area contributed by atoms with E-state index < -0.39 is 24.6 Å². The van der Waals surface area contributed by atoms with E-state index in [1.165, 1.54) is 38.5 Å². The van der Waals surface area contributed by atoms with E-state index in [2.05, 4.69) is 0 Å². The van der Waals surface area contributed by atoms with Crippen LogP contribution in [0.4, 0.5) is 0 Å². The summed E-state index contributed by atoms with van der Waals surface area (Å²) in [7, 11) is 0. The fraction of sp³-hybridized carbons (Fsp3) is 0.909. The summed E-state index contributed by atoms with van der Waals surface area (Å²) in [4.78, 5) is 27.3. The van der Waals surface area contributed by atoms with Crippen molar-refractivity contribution >= 4 is 12.1 Å². The van der Waals surface area contributed by atoms with Crippen molar-refractivity contribution in [3.05, 3.63) is 0 Å². The summed E-state index contributed by atoms with van der Waals surface area (Å²) in [5.74, 6) is -1.37. The standard InChI is InChI=1S/C21H42O2.CO2/c1-20(2,3)16-14-12-10-8-6-7-9-11-13-15-17-21(4,5)18-19(22)23;2-1-3/h6-18H2,1-5H3,(H,22,23);/i1D2,18D2;. The maximum Gasteiger partial charge on any atom is 0.373 e. The first-order valence-corrected chi connectivity index (χ1v) is 9.83. The van der Waals surface area contributed by atoms with Crippen LogP contribution in [0.3, 0.4) is 0 Å². The Balaban J connectivity index is 0. The predicted molar refractivity (Wildman–Crippen MR) is 106 cm³/mol. The van der Waals surface area contributed by atoms with Crippen LogP contribution >= 0.6 is 0 Å². The van der Waals surface area contributed by atoms with Gasteiger partial charge in [-0.05, 0) is 23.7 Å². The van der Waals surface area contributed by atoms with Gasteiger partial charge in [0.05, 0.1) is 6.37 Å². The quantitative estimate of drug-likeness (QED) is 0.346. The Labute approximate surface area is 166 Å². The van der Waals surface area contributed by atoms with E-state index in [9.17, 15) is 4.79 Å². The van der Waals surface area contributed by atoms with Gasteiger partial charge in [0.25, 0.3) is 0 Å². The third-order valence-corrected chi connectivity index (χ3v) is 4.32. The Morgan fingerprint density at radius 2 is 1.19 bits per heavy atom. The van der Waals surface area contributed by atoms with Crippen molar-refractivity contribution in [3.8, 4) is 0 Å². The Morgan fingerprint density at radius 1 is 0.846 bits per heavy atom. The third-order valence-electron chi connectivity index (χ3n) is 4.32. The van der Waals surface area contributed by atoms with Gasteiger partial charge in [0.2, 0.25) is 0 Å². The van der Waals surface area contributed by atoms with Gasteiger partial charge in [-0.25, -0.2) is 0 Å². The molecule has 0 bridgehead atoms. The second-order valence-electron chi connectivity index (χ2n) is 8.42. The minimum atomic E-state index is -2.18. The zero-order chi connectivity index (χ0) is 23.8. The monoisotopic (exact) mass is 374 g/mol. The molecule has 0 aliphatic heterocycles. The molecule has 0 spiro atoms. The Bertz CT molecular complexity index is 499. The van der Waals surface area contributed by atoms with Crippen LogP contribution < -0.4 is 0 Å². The lowest BCUT2D eigenvalue weighted by Crippen LogP contribution is -2.16. The van der Waals surface area contributed by atoms with Crippen LogP contribution in [0.25, 0.3) is 0 Å². The molecule has 0 fully saturated rings. The van der Waals surface area contributed by atoms with Gasteiger partial charge < -0.3 is 5.11 Å². The molecular weight excluding hydrogens is 328 g/mol. The fourth-order valence-corrected chi connectivity index (χ4v) is 2.91. The molecule has 0 saturated heterocycles. The van der Waals surface area contributed by atoms with Crippen molar-refractivity contribution in [1.82, 2.24) is 0 Å². The van der Waals surface area contributed by atoms with E-state index >= 15 is 0 Å². The smallest absolute Gasteiger partial charge is 0.373 e. The maximum atomic E-state index is 11.1. The number of carboxylic acid groups (broad SMARTS) is 1. The first-order chi connectivity index (χ1) is 13.8. The van der Waals surface area contributed by atoms with Crippen LogP contribution in [0.5, 0.6) is 0 Å². The highest BCUT2D eigenvalue weighted by Gasteiger charge is 2.20. The minimum absolute atomic E-state index is 0.196. The van der Waals surface area contributed by atoms with E-state index in [1.807, 2.05) is 13.8 Å².